The monoisotopic (exact) mass is 496 g/mol. The molecule has 0 unspecified atom stereocenters. The van der Waals surface area contributed by atoms with Crippen LogP contribution in [0.4, 0.5) is 11.5 Å². The molecular formula is C27H28N8O2. The highest BCUT2D eigenvalue weighted by Gasteiger charge is 2.31. The topological polar surface area (TPSA) is 130 Å². The van der Waals surface area contributed by atoms with E-state index < -0.39 is 0 Å². The molecule has 1 fully saturated rings. The highest BCUT2D eigenvalue weighted by molar-refractivity contribution is 5.96. The van der Waals surface area contributed by atoms with Crippen molar-refractivity contribution in [2.24, 2.45) is 7.05 Å². The van der Waals surface area contributed by atoms with Gasteiger partial charge < -0.3 is 20.1 Å². The Kier molecular flexibility index (Phi) is 5.51. The fraction of sp³-hybridized carbons (Fsp3) is 0.296. The Morgan fingerprint density at radius 2 is 2.11 bits per heavy atom. The number of anilines is 2. The fourth-order valence-corrected chi connectivity index (χ4v) is 4.95. The molecule has 0 spiro atoms. The number of pyridine rings is 2. The molecule has 0 saturated heterocycles. The Morgan fingerprint density at radius 3 is 2.78 bits per heavy atom. The number of nitrogens with one attached hydrogen (secondary N) is 1. The van der Waals surface area contributed by atoms with Crippen LogP contribution in [0.3, 0.4) is 0 Å². The van der Waals surface area contributed by atoms with Crippen LogP contribution in [-0.4, -0.2) is 29.5 Å². The van der Waals surface area contributed by atoms with E-state index in [0.29, 0.717) is 34.2 Å². The zero-order valence-corrected chi connectivity index (χ0v) is 21.0. The van der Waals surface area contributed by atoms with Crippen LogP contribution in [0.15, 0.2) is 58.2 Å². The summed E-state index contributed by atoms with van der Waals surface area (Å²) >= 11 is 0. The van der Waals surface area contributed by atoms with Gasteiger partial charge in [0.1, 0.15) is 5.82 Å². The standard InChI is InChI=1S/C27H28N8O2/c1-4-21(32-25-24(20(28)10-11-29-25)26-31-15(2)37-33-26)22-12-16-6-5-7-19(17-13-30-34(3)14-17)23(16)27(36)35(22)18-8-9-18/h5-7,10-14,18,21H,4,8-9H2,1-3H3,(H3,28,29,32)/t21-/m0/s1. The van der Waals surface area contributed by atoms with Crippen molar-refractivity contribution in [2.45, 2.75) is 45.2 Å². The Labute approximate surface area is 213 Å². The molecule has 3 N–H and O–H groups in total. The number of aromatic nitrogens is 6. The van der Waals surface area contributed by atoms with Gasteiger partial charge in [-0.05, 0) is 42.3 Å². The molecule has 188 valence electrons. The molecule has 5 aromatic rings. The van der Waals surface area contributed by atoms with Crippen LogP contribution < -0.4 is 16.6 Å². The van der Waals surface area contributed by atoms with Crippen LogP contribution in [0.2, 0.25) is 0 Å². The molecule has 0 aliphatic heterocycles. The van der Waals surface area contributed by atoms with E-state index >= 15 is 0 Å². The molecule has 1 aliphatic carbocycles. The van der Waals surface area contributed by atoms with Crippen LogP contribution in [0, 0.1) is 6.92 Å². The van der Waals surface area contributed by atoms with Crippen LogP contribution in [0.25, 0.3) is 33.3 Å². The van der Waals surface area contributed by atoms with E-state index in [1.165, 1.54) is 0 Å². The SMILES string of the molecule is CC[C@H](Nc1nccc(N)c1-c1noc(C)n1)c1cc2cccc(-c3cnn(C)c3)c2c(=O)n1C1CC1. The van der Waals surface area contributed by atoms with E-state index in [0.717, 1.165) is 41.5 Å². The maximum absolute atomic E-state index is 14.1. The maximum Gasteiger partial charge on any atom is 0.259 e. The van der Waals surface area contributed by atoms with Gasteiger partial charge >= 0.3 is 0 Å². The molecule has 10 heteroatoms. The Balaban J connectivity index is 1.50. The Hall–Kier alpha value is -4.47. The second-order valence-corrected chi connectivity index (χ2v) is 9.51. The number of nitrogen functional groups attached to an aromatic ring is 1. The van der Waals surface area contributed by atoms with Crippen molar-refractivity contribution in [1.82, 2.24) is 29.5 Å². The molecule has 0 bridgehead atoms. The largest absolute Gasteiger partial charge is 0.398 e. The molecule has 37 heavy (non-hydrogen) atoms. The predicted molar refractivity (Wildman–Crippen MR) is 142 cm³/mol. The summed E-state index contributed by atoms with van der Waals surface area (Å²) in [6.45, 7) is 3.81. The van der Waals surface area contributed by atoms with Gasteiger partial charge in [-0.1, -0.05) is 30.3 Å². The lowest BCUT2D eigenvalue weighted by atomic mass is 9.99. The molecule has 1 aliphatic rings. The summed E-state index contributed by atoms with van der Waals surface area (Å²) in [4.78, 5) is 23.0. The van der Waals surface area contributed by atoms with Gasteiger partial charge in [-0.25, -0.2) is 4.98 Å². The first-order chi connectivity index (χ1) is 17.9. The number of hydrogen-bond acceptors (Lipinski definition) is 8. The van der Waals surface area contributed by atoms with Crippen LogP contribution in [0.5, 0.6) is 0 Å². The van der Waals surface area contributed by atoms with Gasteiger partial charge in [-0.3, -0.25) is 9.48 Å². The average Bonchev–Trinajstić information content (AvgIpc) is 3.48. The van der Waals surface area contributed by atoms with Gasteiger partial charge in [0.2, 0.25) is 11.7 Å². The van der Waals surface area contributed by atoms with Crippen molar-refractivity contribution in [3.63, 3.8) is 0 Å². The summed E-state index contributed by atoms with van der Waals surface area (Å²) in [5, 5.41) is 13.5. The van der Waals surface area contributed by atoms with Gasteiger partial charge in [-0.15, -0.1) is 0 Å². The van der Waals surface area contributed by atoms with E-state index in [2.05, 4.69) is 38.5 Å². The lowest BCUT2D eigenvalue weighted by Crippen LogP contribution is -2.27. The molecule has 10 nitrogen and oxygen atoms in total. The fourth-order valence-electron chi connectivity index (χ4n) is 4.95. The van der Waals surface area contributed by atoms with Crippen LogP contribution in [-0.2, 0) is 7.05 Å². The minimum Gasteiger partial charge on any atom is -0.398 e. The smallest absolute Gasteiger partial charge is 0.259 e. The van der Waals surface area contributed by atoms with E-state index in [4.69, 9.17) is 10.3 Å². The number of rotatable bonds is 7. The minimum absolute atomic E-state index is 0.0178. The molecule has 1 saturated carbocycles. The summed E-state index contributed by atoms with van der Waals surface area (Å²) < 4.78 is 8.91. The van der Waals surface area contributed by atoms with E-state index in [1.807, 2.05) is 36.0 Å². The van der Waals surface area contributed by atoms with E-state index in [9.17, 15) is 4.79 Å². The summed E-state index contributed by atoms with van der Waals surface area (Å²) in [6.07, 6.45) is 8.07. The van der Waals surface area contributed by atoms with Gasteiger partial charge in [0, 0.05) is 49.4 Å². The van der Waals surface area contributed by atoms with Gasteiger partial charge in [-0.2, -0.15) is 10.1 Å². The summed E-state index contributed by atoms with van der Waals surface area (Å²) in [7, 11) is 1.88. The van der Waals surface area contributed by atoms with Crippen molar-refractivity contribution in [3.05, 3.63) is 70.9 Å². The highest BCUT2D eigenvalue weighted by atomic mass is 16.5. The maximum atomic E-state index is 14.1. The number of nitrogens with two attached hydrogens (primary N) is 1. The number of benzene rings is 1. The second-order valence-electron chi connectivity index (χ2n) is 9.51. The zero-order chi connectivity index (χ0) is 25.7. The molecule has 4 aromatic heterocycles. The van der Waals surface area contributed by atoms with Crippen molar-refractivity contribution >= 4 is 22.3 Å². The number of hydrogen-bond donors (Lipinski definition) is 2. The molecule has 4 heterocycles. The minimum atomic E-state index is -0.194. The normalized spacial score (nSPS) is 14.2. The number of fused-ring (bicyclic) bond motifs is 1. The average molecular weight is 497 g/mol. The van der Waals surface area contributed by atoms with Crippen molar-refractivity contribution in [2.75, 3.05) is 11.1 Å². The summed E-state index contributed by atoms with van der Waals surface area (Å²) in [5.41, 5.74) is 10.1. The van der Waals surface area contributed by atoms with Gasteiger partial charge in [0.05, 0.1) is 23.2 Å². The molecule has 1 aromatic carbocycles. The summed E-state index contributed by atoms with van der Waals surface area (Å²) in [5.74, 6) is 1.36. The second kappa shape index (κ2) is 8.88. The van der Waals surface area contributed by atoms with E-state index in [-0.39, 0.29) is 17.6 Å². The zero-order valence-electron chi connectivity index (χ0n) is 21.0. The molecule has 1 atom stereocenters. The van der Waals surface area contributed by atoms with Gasteiger partial charge in [0.25, 0.3) is 5.56 Å². The molecular weight excluding hydrogens is 468 g/mol. The van der Waals surface area contributed by atoms with Crippen LogP contribution in [0.1, 0.15) is 49.9 Å². The quantitative estimate of drug-likeness (QED) is 0.333. The van der Waals surface area contributed by atoms with Crippen LogP contribution >= 0.6 is 0 Å². The molecule has 0 radical (unpaired) electrons. The first-order valence-corrected chi connectivity index (χ1v) is 12.4. The molecule has 6 rings (SSSR count). The third-order valence-corrected chi connectivity index (χ3v) is 6.85. The van der Waals surface area contributed by atoms with Crippen molar-refractivity contribution in [3.8, 4) is 22.5 Å². The Bertz CT molecular complexity index is 1680. The number of nitrogens with zero attached hydrogens (tertiary/aromatic N) is 6. The first-order valence-electron chi connectivity index (χ1n) is 12.4. The molecule has 0 amide bonds. The Morgan fingerprint density at radius 1 is 1.27 bits per heavy atom. The van der Waals surface area contributed by atoms with Crippen molar-refractivity contribution < 1.29 is 4.52 Å². The lowest BCUT2D eigenvalue weighted by Gasteiger charge is -2.24. The third-order valence-electron chi connectivity index (χ3n) is 6.85. The first kappa shape index (κ1) is 23.0. The predicted octanol–water partition coefficient (Wildman–Crippen LogP) is 4.64. The number of aryl methyl sites for hydroxylation is 2. The summed E-state index contributed by atoms with van der Waals surface area (Å²) in [6, 6.07) is 9.79. The highest BCUT2D eigenvalue weighted by Crippen LogP contribution is 2.40. The van der Waals surface area contributed by atoms with Crippen molar-refractivity contribution in [1.29, 1.82) is 0 Å². The van der Waals surface area contributed by atoms with E-state index in [1.54, 1.807) is 30.1 Å². The van der Waals surface area contributed by atoms with Gasteiger partial charge in [0.15, 0.2) is 0 Å². The third kappa shape index (κ3) is 4.04. The lowest BCUT2D eigenvalue weighted by molar-refractivity contribution is 0.394.